The molecule has 0 spiro atoms. The first kappa shape index (κ1) is 14.9. The minimum atomic E-state index is -2.97. The molecule has 2 aromatic rings. The maximum Gasteiger partial charge on any atom is 0.150 e. The van der Waals surface area contributed by atoms with Crippen LogP contribution in [0.2, 0.25) is 0 Å². The van der Waals surface area contributed by atoms with Gasteiger partial charge in [-0.25, -0.2) is 8.42 Å². The molecule has 5 heteroatoms. The Morgan fingerprint density at radius 3 is 2.75 bits per heavy atom. The smallest absolute Gasteiger partial charge is 0.150 e. The second-order valence-corrected chi connectivity index (χ2v) is 7.28. The van der Waals surface area contributed by atoms with E-state index in [1.165, 1.54) is 0 Å². The summed E-state index contributed by atoms with van der Waals surface area (Å²) < 4.78 is 22.9. The fraction of sp³-hybridized carbons (Fsp3) is 0.400. The average Bonchev–Trinajstić information content (AvgIpc) is 2.46. The highest BCUT2D eigenvalue weighted by atomic mass is 32.2. The number of pyridine rings is 1. The van der Waals surface area contributed by atoms with Crippen LogP contribution >= 0.6 is 0 Å². The number of aromatic nitrogens is 1. The van der Waals surface area contributed by atoms with Crippen LogP contribution in [-0.2, 0) is 9.84 Å². The largest absolute Gasteiger partial charge is 0.387 e. The van der Waals surface area contributed by atoms with Crippen LogP contribution in [0.5, 0.6) is 0 Å². The lowest BCUT2D eigenvalue weighted by molar-refractivity contribution is 0.163. The maximum absolute atomic E-state index is 11.4. The molecule has 1 aromatic heterocycles. The van der Waals surface area contributed by atoms with Gasteiger partial charge in [0.15, 0.2) is 0 Å². The van der Waals surface area contributed by atoms with Crippen LogP contribution in [0.1, 0.15) is 31.6 Å². The molecule has 1 aromatic carbocycles. The molecule has 0 radical (unpaired) electrons. The lowest BCUT2D eigenvalue weighted by Gasteiger charge is -2.12. The molecule has 0 aliphatic rings. The van der Waals surface area contributed by atoms with Crippen molar-refractivity contribution in [3.63, 3.8) is 0 Å². The molecule has 0 aliphatic carbocycles. The van der Waals surface area contributed by atoms with Crippen LogP contribution in [0.25, 0.3) is 10.8 Å². The number of rotatable bonds is 6. The summed E-state index contributed by atoms with van der Waals surface area (Å²) in [7, 11) is -2.97. The lowest BCUT2D eigenvalue weighted by atomic mass is 10.0. The molecule has 20 heavy (non-hydrogen) atoms. The molecule has 1 unspecified atom stereocenters. The molecule has 0 saturated heterocycles. The van der Waals surface area contributed by atoms with Crippen LogP contribution < -0.4 is 0 Å². The summed E-state index contributed by atoms with van der Waals surface area (Å²) in [5, 5.41) is 12.2. The predicted octanol–water partition coefficient (Wildman–Crippen LogP) is 2.48. The molecule has 0 saturated carbocycles. The van der Waals surface area contributed by atoms with E-state index in [1.54, 1.807) is 13.1 Å². The van der Waals surface area contributed by atoms with E-state index in [-0.39, 0.29) is 11.5 Å². The molecule has 1 N–H and O–H groups in total. The zero-order valence-electron chi connectivity index (χ0n) is 11.5. The summed E-state index contributed by atoms with van der Waals surface area (Å²) in [5.74, 6) is 0.265. The normalized spacial score (nSPS) is 13.5. The van der Waals surface area contributed by atoms with Crippen molar-refractivity contribution in [1.29, 1.82) is 0 Å². The second kappa shape index (κ2) is 6.33. The summed E-state index contributed by atoms with van der Waals surface area (Å²) in [6.45, 7) is 1.64. The molecule has 1 atom stereocenters. The number of aliphatic hydroxyl groups excluding tert-OH is 1. The monoisotopic (exact) mass is 293 g/mol. The van der Waals surface area contributed by atoms with Crippen LogP contribution in [0.3, 0.4) is 0 Å². The molecular formula is C15H19NO3S. The molecule has 1 heterocycles. The van der Waals surface area contributed by atoms with Crippen molar-refractivity contribution in [3.8, 4) is 0 Å². The molecule has 0 aliphatic heterocycles. The van der Waals surface area contributed by atoms with Gasteiger partial charge in [0.1, 0.15) is 9.84 Å². The number of nitrogens with zero attached hydrogens (tertiary/aromatic N) is 1. The third kappa shape index (κ3) is 3.55. The Kier molecular flexibility index (Phi) is 4.73. The fourth-order valence-corrected chi connectivity index (χ4v) is 3.08. The molecule has 108 valence electrons. The average molecular weight is 293 g/mol. The summed E-state index contributed by atoms with van der Waals surface area (Å²) in [5.41, 5.74) is 0.622. The van der Waals surface area contributed by atoms with Crippen molar-refractivity contribution in [2.75, 3.05) is 11.5 Å². The van der Waals surface area contributed by atoms with Crippen molar-refractivity contribution in [1.82, 2.24) is 4.98 Å². The highest BCUT2D eigenvalue weighted by molar-refractivity contribution is 7.91. The number of hydrogen-bond acceptors (Lipinski definition) is 4. The van der Waals surface area contributed by atoms with E-state index in [0.717, 1.165) is 10.8 Å². The highest BCUT2D eigenvalue weighted by Crippen LogP contribution is 2.24. The molecular weight excluding hydrogens is 274 g/mol. The van der Waals surface area contributed by atoms with E-state index in [9.17, 15) is 13.5 Å². The zero-order valence-corrected chi connectivity index (χ0v) is 12.3. The van der Waals surface area contributed by atoms with Gasteiger partial charge in [-0.2, -0.15) is 0 Å². The first-order valence-electron chi connectivity index (χ1n) is 6.75. The van der Waals surface area contributed by atoms with Crippen molar-refractivity contribution < 1.29 is 13.5 Å². The summed E-state index contributed by atoms with van der Waals surface area (Å²) in [4.78, 5) is 4.24. The molecule has 0 amide bonds. The third-order valence-electron chi connectivity index (χ3n) is 3.39. The van der Waals surface area contributed by atoms with Gasteiger partial charge in [-0.15, -0.1) is 0 Å². The van der Waals surface area contributed by atoms with E-state index >= 15 is 0 Å². The van der Waals surface area contributed by atoms with Gasteiger partial charge in [0.25, 0.3) is 0 Å². The molecule has 4 nitrogen and oxygen atoms in total. The second-order valence-electron chi connectivity index (χ2n) is 4.81. The number of aliphatic hydroxyl groups is 1. The van der Waals surface area contributed by atoms with E-state index in [0.29, 0.717) is 18.5 Å². The summed E-state index contributed by atoms with van der Waals surface area (Å²) >= 11 is 0. The quantitative estimate of drug-likeness (QED) is 0.888. The maximum atomic E-state index is 11.4. The topological polar surface area (TPSA) is 67.3 Å². The van der Waals surface area contributed by atoms with Crippen molar-refractivity contribution in [3.05, 3.63) is 42.2 Å². The van der Waals surface area contributed by atoms with Crippen molar-refractivity contribution >= 4 is 20.6 Å². The van der Waals surface area contributed by atoms with Crippen LogP contribution in [0.4, 0.5) is 0 Å². The minimum Gasteiger partial charge on any atom is -0.387 e. The Morgan fingerprint density at radius 1 is 1.25 bits per heavy atom. The van der Waals surface area contributed by atoms with E-state index in [1.807, 2.05) is 30.3 Å². The Morgan fingerprint density at radius 2 is 2.00 bits per heavy atom. The van der Waals surface area contributed by atoms with E-state index in [4.69, 9.17) is 0 Å². The van der Waals surface area contributed by atoms with Crippen LogP contribution in [0, 0.1) is 0 Å². The van der Waals surface area contributed by atoms with Gasteiger partial charge >= 0.3 is 0 Å². The molecule has 0 fully saturated rings. The van der Waals surface area contributed by atoms with Crippen LogP contribution in [-0.4, -0.2) is 30.0 Å². The van der Waals surface area contributed by atoms with Gasteiger partial charge in [0.2, 0.25) is 0 Å². The van der Waals surface area contributed by atoms with Gasteiger partial charge < -0.3 is 5.11 Å². The van der Waals surface area contributed by atoms with Gasteiger partial charge in [0.05, 0.1) is 17.6 Å². The predicted molar refractivity (Wildman–Crippen MR) is 80.3 cm³/mol. The highest BCUT2D eigenvalue weighted by Gasteiger charge is 2.14. The number of fused-ring (bicyclic) bond motifs is 1. The standard InChI is InChI=1S/C15H19NO3S/c1-2-20(18,19)11-5-8-14(17)15-13-7-4-3-6-12(13)9-10-16-15/h3-4,6-7,9-10,14,17H,2,5,8,11H2,1H3. The number of sulfone groups is 1. The van der Waals surface area contributed by atoms with Crippen LogP contribution in [0.15, 0.2) is 36.5 Å². The first-order chi connectivity index (χ1) is 9.53. The summed E-state index contributed by atoms with van der Waals surface area (Å²) in [6, 6.07) is 9.62. The lowest BCUT2D eigenvalue weighted by Crippen LogP contribution is -2.10. The molecule has 0 bridgehead atoms. The Balaban J connectivity index is 2.10. The summed E-state index contributed by atoms with van der Waals surface area (Å²) in [6.07, 6.45) is 1.79. The van der Waals surface area contributed by atoms with Gasteiger partial charge in [0, 0.05) is 17.3 Å². The van der Waals surface area contributed by atoms with Gasteiger partial charge in [-0.05, 0) is 24.3 Å². The van der Waals surface area contributed by atoms with Crippen molar-refractivity contribution in [2.45, 2.75) is 25.9 Å². The SMILES string of the molecule is CCS(=O)(=O)CCCC(O)c1nccc2ccccc12. The number of hydrogen-bond donors (Lipinski definition) is 1. The Hall–Kier alpha value is -1.46. The number of benzene rings is 1. The zero-order chi connectivity index (χ0) is 14.6. The third-order valence-corrected chi connectivity index (χ3v) is 5.18. The fourth-order valence-electron chi connectivity index (χ4n) is 2.19. The van der Waals surface area contributed by atoms with E-state index < -0.39 is 15.9 Å². The van der Waals surface area contributed by atoms with Gasteiger partial charge in [-0.1, -0.05) is 31.2 Å². The van der Waals surface area contributed by atoms with E-state index in [2.05, 4.69) is 4.98 Å². The Bertz CT molecular complexity index is 677. The van der Waals surface area contributed by atoms with Gasteiger partial charge in [-0.3, -0.25) is 4.98 Å². The first-order valence-corrected chi connectivity index (χ1v) is 8.58. The molecule has 2 rings (SSSR count). The minimum absolute atomic E-state index is 0.116. The Labute approximate surface area is 119 Å². The van der Waals surface area contributed by atoms with Crippen molar-refractivity contribution in [2.24, 2.45) is 0 Å².